The van der Waals surface area contributed by atoms with E-state index in [-0.39, 0.29) is 11.3 Å². The zero-order chi connectivity index (χ0) is 24.5. The Morgan fingerprint density at radius 1 is 1.06 bits per heavy atom. The number of nitrogens with zero attached hydrogens (tertiary/aromatic N) is 2. The van der Waals surface area contributed by atoms with Gasteiger partial charge in [0.2, 0.25) is 0 Å². The molecule has 1 amide bonds. The summed E-state index contributed by atoms with van der Waals surface area (Å²) < 4.78 is 11.6. The molecule has 3 aromatic rings. The van der Waals surface area contributed by atoms with Crippen molar-refractivity contribution in [2.45, 2.75) is 20.5 Å². The number of rotatable bonds is 9. The first-order chi connectivity index (χ1) is 16.4. The number of nitro benzene ring substituents is 1. The Morgan fingerprint density at radius 2 is 1.76 bits per heavy atom. The van der Waals surface area contributed by atoms with E-state index in [1.165, 1.54) is 35.9 Å². The molecule has 0 unspecified atom stereocenters. The predicted octanol–water partition coefficient (Wildman–Crippen LogP) is 5.43. The number of nitrogens with one attached hydrogen (secondary N) is 1. The zero-order valence-electron chi connectivity index (χ0n) is 18.8. The van der Waals surface area contributed by atoms with Crippen LogP contribution in [0.4, 0.5) is 11.4 Å². The Hall–Kier alpha value is -4.64. The van der Waals surface area contributed by atoms with Gasteiger partial charge in [0, 0.05) is 17.8 Å². The fourth-order valence-corrected chi connectivity index (χ4v) is 3.03. The summed E-state index contributed by atoms with van der Waals surface area (Å²) in [7, 11) is 0. The van der Waals surface area contributed by atoms with Gasteiger partial charge in [-0.3, -0.25) is 14.9 Å². The highest BCUT2D eigenvalue weighted by atomic mass is 16.6. The van der Waals surface area contributed by atoms with Gasteiger partial charge in [-0.25, -0.2) is 0 Å². The van der Waals surface area contributed by atoms with Gasteiger partial charge in [-0.1, -0.05) is 35.9 Å². The van der Waals surface area contributed by atoms with Gasteiger partial charge < -0.3 is 14.8 Å². The molecule has 1 N–H and O–H groups in total. The molecule has 3 aromatic carbocycles. The number of carbonyl (C=O) groups excluding carboxylic acids is 1. The molecule has 0 aliphatic rings. The van der Waals surface area contributed by atoms with Crippen LogP contribution in [0.3, 0.4) is 0 Å². The quantitative estimate of drug-likeness (QED) is 0.198. The Kier molecular flexibility index (Phi) is 7.97. The van der Waals surface area contributed by atoms with E-state index >= 15 is 0 Å². The monoisotopic (exact) mass is 457 g/mol. The molecule has 8 nitrogen and oxygen atoms in total. The van der Waals surface area contributed by atoms with E-state index in [0.717, 1.165) is 5.56 Å². The van der Waals surface area contributed by atoms with Crippen molar-refractivity contribution >= 4 is 23.4 Å². The number of hydrogen-bond donors (Lipinski definition) is 1. The fourth-order valence-electron chi connectivity index (χ4n) is 3.03. The maximum Gasteiger partial charge on any atom is 0.269 e. The summed E-state index contributed by atoms with van der Waals surface area (Å²) in [6.45, 7) is 4.66. The highest BCUT2D eigenvalue weighted by Crippen LogP contribution is 2.30. The molecule has 0 bridgehead atoms. The third-order valence-corrected chi connectivity index (χ3v) is 4.79. The van der Waals surface area contributed by atoms with E-state index < -0.39 is 10.8 Å². The molecule has 0 radical (unpaired) electrons. The minimum Gasteiger partial charge on any atom is -0.490 e. The molecule has 34 heavy (non-hydrogen) atoms. The standard InChI is InChI=1S/C26H23N3O5/c1-3-33-25-15-20(8-13-24(25)34-17-19-6-4-18(2)5-7-19)14-21(16-27)26(30)28-22-9-11-23(12-10-22)29(31)32/h4-15H,3,17H2,1-2H3,(H,28,30). The summed E-state index contributed by atoms with van der Waals surface area (Å²) in [6, 6.07) is 20.4. The van der Waals surface area contributed by atoms with Gasteiger partial charge in [-0.2, -0.15) is 5.26 Å². The maximum absolute atomic E-state index is 12.5. The lowest BCUT2D eigenvalue weighted by Crippen LogP contribution is -2.13. The molecule has 0 saturated carbocycles. The second kappa shape index (κ2) is 11.3. The lowest BCUT2D eigenvalue weighted by molar-refractivity contribution is -0.384. The van der Waals surface area contributed by atoms with E-state index in [9.17, 15) is 20.2 Å². The molecule has 0 saturated heterocycles. The van der Waals surface area contributed by atoms with E-state index in [2.05, 4.69) is 5.32 Å². The minimum atomic E-state index is -0.631. The lowest BCUT2D eigenvalue weighted by atomic mass is 10.1. The van der Waals surface area contributed by atoms with Crippen molar-refractivity contribution in [2.75, 3.05) is 11.9 Å². The average molecular weight is 457 g/mol. The second-order valence-electron chi connectivity index (χ2n) is 7.34. The van der Waals surface area contributed by atoms with E-state index in [1.54, 1.807) is 18.2 Å². The molecular formula is C26H23N3O5. The van der Waals surface area contributed by atoms with E-state index in [4.69, 9.17) is 9.47 Å². The van der Waals surface area contributed by atoms with Crippen molar-refractivity contribution in [3.05, 3.63) is 99.1 Å². The summed E-state index contributed by atoms with van der Waals surface area (Å²) in [5.41, 5.74) is 2.89. The minimum absolute atomic E-state index is 0.0952. The van der Waals surface area contributed by atoms with Gasteiger partial charge in [0.15, 0.2) is 11.5 Å². The number of anilines is 1. The third-order valence-electron chi connectivity index (χ3n) is 4.79. The number of aryl methyl sites for hydroxylation is 1. The highest BCUT2D eigenvalue weighted by molar-refractivity contribution is 6.09. The number of nitro groups is 1. The van der Waals surface area contributed by atoms with Gasteiger partial charge >= 0.3 is 0 Å². The van der Waals surface area contributed by atoms with Crippen molar-refractivity contribution < 1.29 is 19.2 Å². The molecule has 0 aliphatic heterocycles. The summed E-state index contributed by atoms with van der Waals surface area (Å²) in [5.74, 6) is 0.416. The van der Waals surface area contributed by atoms with Crippen molar-refractivity contribution in [1.82, 2.24) is 0 Å². The topological polar surface area (TPSA) is 114 Å². The first-order valence-electron chi connectivity index (χ1n) is 10.5. The third kappa shape index (κ3) is 6.43. The number of carbonyl (C=O) groups is 1. The Balaban J connectivity index is 1.75. The Morgan fingerprint density at radius 3 is 2.38 bits per heavy atom. The number of nitriles is 1. The van der Waals surface area contributed by atoms with Crippen molar-refractivity contribution in [2.24, 2.45) is 0 Å². The molecule has 0 atom stereocenters. The van der Waals surface area contributed by atoms with E-state index in [0.29, 0.717) is 36.0 Å². The largest absolute Gasteiger partial charge is 0.490 e. The van der Waals surface area contributed by atoms with Crippen LogP contribution in [0.15, 0.2) is 72.3 Å². The number of amides is 1. The summed E-state index contributed by atoms with van der Waals surface area (Å²) >= 11 is 0. The molecule has 8 heteroatoms. The van der Waals surface area contributed by atoms with Gasteiger partial charge in [-0.05, 0) is 55.3 Å². The van der Waals surface area contributed by atoms with Crippen LogP contribution in [0.2, 0.25) is 0 Å². The van der Waals surface area contributed by atoms with Crippen LogP contribution in [-0.4, -0.2) is 17.4 Å². The molecule has 3 rings (SSSR count). The molecule has 0 aromatic heterocycles. The number of non-ortho nitro benzene ring substituents is 1. The molecule has 172 valence electrons. The number of benzene rings is 3. The van der Waals surface area contributed by atoms with Crippen LogP contribution in [0.1, 0.15) is 23.6 Å². The second-order valence-corrected chi connectivity index (χ2v) is 7.34. The van der Waals surface area contributed by atoms with E-state index in [1.807, 2.05) is 44.2 Å². The molecule has 0 heterocycles. The maximum atomic E-state index is 12.5. The van der Waals surface area contributed by atoms with Crippen molar-refractivity contribution in [1.29, 1.82) is 5.26 Å². The van der Waals surface area contributed by atoms with Crippen molar-refractivity contribution in [3.63, 3.8) is 0 Å². The summed E-state index contributed by atoms with van der Waals surface area (Å²) in [5, 5.41) is 22.8. The van der Waals surface area contributed by atoms with Crippen LogP contribution in [0, 0.1) is 28.4 Å². The van der Waals surface area contributed by atoms with Gasteiger partial charge in [-0.15, -0.1) is 0 Å². The van der Waals surface area contributed by atoms with Crippen LogP contribution in [0.5, 0.6) is 11.5 Å². The lowest BCUT2D eigenvalue weighted by Gasteiger charge is -2.13. The zero-order valence-corrected chi connectivity index (χ0v) is 18.8. The van der Waals surface area contributed by atoms with Crippen LogP contribution in [0.25, 0.3) is 6.08 Å². The molecule has 0 spiro atoms. The summed E-state index contributed by atoms with van der Waals surface area (Å²) in [6.07, 6.45) is 1.44. The normalized spacial score (nSPS) is 10.8. The number of ether oxygens (including phenoxy) is 2. The first-order valence-corrected chi connectivity index (χ1v) is 10.5. The molecule has 0 aliphatic carbocycles. The van der Waals surface area contributed by atoms with Crippen molar-refractivity contribution in [3.8, 4) is 17.6 Å². The molecule has 0 fully saturated rings. The first kappa shape index (κ1) is 24.0. The average Bonchev–Trinajstić information content (AvgIpc) is 2.83. The summed E-state index contributed by atoms with van der Waals surface area (Å²) in [4.78, 5) is 22.8. The Bertz CT molecular complexity index is 1240. The van der Waals surface area contributed by atoms with Gasteiger partial charge in [0.1, 0.15) is 18.2 Å². The SMILES string of the molecule is CCOc1cc(C=C(C#N)C(=O)Nc2ccc([N+](=O)[O-])cc2)ccc1OCc1ccc(C)cc1. The van der Waals surface area contributed by atoms with Crippen LogP contribution in [-0.2, 0) is 11.4 Å². The number of hydrogen-bond acceptors (Lipinski definition) is 6. The van der Waals surface area contributed by atoms with Crippen LogP contribution < -0.4 is 14.8 Å². The van der Waals surface area contributed by atoms with Gasteiger partial charge in [0.05, 0.1) is 11.5 Å². The highest BCUT2D eigenvalue weighted by Gasteiger charge is 2.13. The predicted molar refractivity (Wildman–Crippen MR) is 128 cm³/mol. The molecular weight excluding hydrogens is 434 g/mol. The fraction of sp³-hybridized carbons (Fsp3) is 0.154. The Labute approximate surface area is 197 Å². The van der Waals surface area contributed by atoms with Crippen LogP contribution >= 0.6 is 0 Å². The van der Waals surface area contributed by atoms with Gasteiger partial charge in [0.25, 0.3) is 11.6 Å². The smallest absolute Gasteiger partial charge is 0.269 e.